The molecule has 0 aliphatic heterocycles. The molecule has 4 heterocycles. The van der Waals surface area contributed by atoms with E-state index < -0.39 is 0 Å². The molecule has 30 heavy (non-hydrogen) atoms. The molecule has 4 N–H and O–H groups in total. The van der Waals surface area contributed by atoms with Crippen LogP contribution in [0.1, 0.15) is 11.3 Å². The van der Waals surface area contributed by atoms with E-state index in [1.165, 1.54) is 0 Å². The second kappa shape index (κ2) is 9.12. The molecule has 0 aliphatic carbocycles. The Morgan fingerprint density at radius 1 is 0.900 bits per heavy atom. The first-order chi connectivity index (χ1) is 14.5. The molecule has 0 aliphatic rings. The molecule has 8 heteroatoms. The molecule has 8 nitrogen and oxygen atoms in total. The summed E-state index contributed by atoms with van der Waals surface area (Å²) >= 11 is 0. The van der Waals surface area contributed by atoms with Gasteiger partial charge in [0.25, 0.3) is 11.1 Å². The minimum Gasteiger partial charge on any atom is -0.394 e. The smallest absolute Gasteiger partial charge is 0.271 e. The summed E-state index contributed by atoms with van der Waals surface area (Å²) in [7, 11) is 0. The number of aryl methyl sites for hydroxylation is 1. The summed E-state index contributed by atoms with van der Waals surface area (Å²) in [6, 6.07) is 12.5. The number of pyridine rings is 4. The third-order valence-corrected chi connectivity index (χ3v) is 4.30. The Balaban J connectivity index is 0.000000172. The van der Waals surface area contributed by atoms with Crippen LogP contribution in [-0.2, 0) is 0 Å². The van der Waals surface area contributed by atoms with Gasteiger partial charge in [0.2, 0.25) is 0 Å². The Morgan fingerprint density at radius 2 is 1.50 bits per heavy atom. The van der Waals surface area contributed by atoms with E-state index in [1.54, 1.807) is 50.0 Å². The molecule has 0 radical (unpaired) electrons. The summed E-state index contributed by atoms with van der Waals surface area (Å²) in [4.78, 5) is 35.4. The van der Waals surface area contributed by atoms with Crippen molar-refractivity contribution in [2.24, 2.45) is 0 Å². The topological polar surface area (TPSA) is 141 Å². The normalized spacial score (nSPS) is 9.87. The summed E-state index contributed by atoms with van der Waals surface area (Å²) < 4.78 is 0. The monoisotopic (exact) mass is 398 g/mol. The number of aromatic amines is 2. The van der Waals surface area contributed by atoms with Gasteiger partial charge in [0.15, 0.2) is 0 Å². The number of nitrogens with one attached hydrogen (secondary N) is 2. The van der Waals surface area contributed by atoms with E-state index in [1.807, 2.05) is 30.3 Å². The Morgan fingerprint density at radius 3 is 2.07 bits per heavy atom. The quantitative estimate of drug-likeness (QED) is 0.474. The number of hydrogen-bond acceptors (Lipinski definition) is 6. The first-order valence-corrected chi connectivity index (χ1v) is 8.92. The Bertz CT molecular complexity index is 1310. The second-order valence-electron chi connectivity index (χ2n) is 6.31. The Hall–Kier alpha value is -4.51. The Labute approximate surface area is 171 Å². The van der Waals surface area contributed by atoms with Gasteiger partial charge in [0.1, 0.15) is 11.6 Å². The predicted molar refractivity (Wildman–Crippen MR) is 114 cm³/mol. The zero-order valence-corrected chi connectivity index (χ0v) is 16.1. The highest BCUT2D eigenvalue weighted by molar-refractivity contribution is 5.66. The van der Waals surface area contributed by atoms with Crippen molar-refractivity contribution < 1.29 is 0 Å². The van der Waals surface area contributed by atoms with Crippen molar-refractivity contribution in [2.45, 2.75) is 6.92 Å². The molecule has 0 saturated heterocycles. The molecule has 0 amide bonds. The third kappa shape index (κ3) is 4.66. The van der Waals surface area contributed by atoms with E-state index in [4.69, 9.17) is 11.0 Å². The van der Waals surface area contributed by atoms with Gasteiger partial charge in [-0.25, -0.2) is 0 Å². The van der Waals surface area contributed by atoms with Crippen LogP contribution < -0.4 is 16.9 Å². The molecular weight excluding hydrogens is 380 g/mol. The number of rotatable bonds is 2. The molecular formula is C22H18N6O2. The van der Waals surface area contributed by atoms with Crippen molar-refractivity contribution >= 4 is 5.69 Å². The average Bonchev–Trinajstić information content (AvgIpc) is 2.77. The lowest BCUT2D eigenvalue weighted by molar-refractivity contribution is 1.13. The number of aromatic nitrogens is 4. The van der Waals surface area contributed by atoms with Crippen LogP contribution in [0.4, 0.5) is 5.69 Å². The minimum atomic E-state index is -0.349. The fourth-order valence-corrected chi connectivity index (χ4v) is 2.75. The fraction of sp³-hybridized carbons (Fsp3) is 0.0455. The molecule has 0 bridgehead atoms. The van der Waals surface area contributed by atoms with Crippen molar-refractivity contribution in [2.75, 3.05) is 5.73 Å². The van der Waals surface area contributed by atoms with Gasteiger partial charge >= 0.3 is 0 Å². The van der Waals surface area contributed by atoms with Gasteiger partial charge in [-0.1, -0.05) is 0 Å². The van der Waals surface area contributed by atoms with Gasteiger partial charge in [0, 0.05) is 47.8 Å². The van der Waals surface area contributed by atoms with Crippen LogP contribution in [0.2, 0.25) is 0 Å². The number of anilines is 1. The van der Waals surface area contributed by atoms with Crippen molar-refractivity contribution in [1.29, 1.82) is 5.26 Å². The van der Waals surface area contributed by atoms with Gasteiger partial charge in [-0.15, -0.1) is 0 Å². The zero-order valence-electron chi connectivity index (χ0n) is 16.1. The molecule has 0 spiro atoms. The van der Waals surface area contributed by atoms with E-state index in [2.05, 4.69) is 19.9 Å². The maximum absolute atomic E-state index is 11.4. The number of nitrogens with two attached hydrogens (primary N) is 1. The lowest BCUT2D eigenvalue weighted by atomic mass is 10.0. The maximum atomic E-state index is 11.4. The van der Waals surface area contributed by atoms with E-state index >= 15 is 0 Å². The third-order valence-electron chi connectivity index (χ3n) is 4.30. The van der Waals surface area contributed by atoms with E-state index in [9.17, 15) is 9.59 Å². The lowest BCUT2D eigenvalue weighted by Gasteiger charge is -2.05. The number of H-pyrrole nitrogens is 2. The van der Waals surface area contributed by atoms with Crippen molar-refractivity contribution in [3.63, 3.8) is 0 Å². The maximum Gasteiger partial charge on any atom is 0.271 e. The lowest BCUT2D eigenvalue weighted by Crippen LogP contribution is -2.11. The molecule has 0 fully saturated rings. The summed E-state index contributed by atoms with van der Waals surface area (Å²) in [5.74, 6) is 0. The molecule has 4 rings (SSSR count). The summed E-state index contributed by atoms with van der Waals surface area (Å²) in [5.41, 5.74) is 9.61. The first-order valence-electron chi connectivity index (χ1n) is 8.92. The highest BCUT2D eigenvalue weighted by Gasteiger charge is 2.06. The molecule has 148 valence electrons. The minimum absolute atomic E-state index is 0.123. The summed E-state index contributed by atoms with van der Waals surface area (Å²) in [5, 5.41) is 8.80. The molecule has 0 atom stereocenters. The summed E-state index contributed by atoms with van der Waals surface area (Å²) in [6.45, 7) is 1.80. The van der Waals surface area contributed by atoms with Crippen molar-refractivity contribution in [3.05, 3.63) is 99.3 Å². The molecule has 4 aromatic rings. The highest BCUT2D eigenvalue weighted by atomic mass is 16.1. The van der Waals surface area contributed by atoms with Crippen molar-refractivity contribution in [1.82, 2.24) is 19.9 Å². The number of nitrogen functional groups attached to an aromatic ring is 1. The standard InChI is InChI=1S/C12H9N3O.C10H9N3O/c1-8-11(9-2-4-14-5-3-9)6-10(7-13)12(16)15-8;11-9-5-8(6-13-10(9)14)7-1-3-12-4-2-7/h2-6H,1H3,(H,15,16);1-6H,11H2,(H,13,14). The SMILES string of the molecule is Cc1[nH]c(=O)c(C#N)cc1-c1ccncc1.Nc1cc(-c2ccncc2)c[nH]c1=O. The average molecular weight is 398 g/mol. The number of hydrogen-bond donors (Lipinski definition) is 3. The first kappa shape index (κ1) is 20.2. The van der Waals surface area contributed by atoms with Crippen LogP contribution >= 0.6 is 0 Å². The van der Waals surface area contributed by atoms with E-state index in [0.29, 0.717) is 0 Å². The van der Waals surface area contributed by atoms with Gasteiger partial charge in [0.05, 0.1) is 5.69 Å². The van der Waals surface area contributed by atoms with Crippen LogP contribution in [0, 0.1) is 18.3 Å². The highest BCUT2D eigenvalue weighted by Crippen LogP contribution is 2.20. The molecule has 4 aromatic heterocycles. The van der Waals surface area contributed by atoms with Crippen LogP contribution in [0.15, 0.2) is 77.0 Å². The van der Waals surface area contributed by atoms with Gasteiger partial charge in [-0.3, -0.25) is 19.6 Å². The fourth-order valence-electron chi connectivity index (χ4n) is 2.75. The van der Waals surface area contributed by atoms with Gasteiger partial charge in [-0.05, 0) is 54.4 Å². The van der Waals surface area contributed by atoms with Crippen LogP contribution in [0.3, 0.4) is 0 Å². The van der Waals surface area contributed by atoms with Crippen molar-refractivity contribution in [3.8, 4) is 28.3 Å². The molecule has 0 saturated carbocycles. The van der Waals surface area contributed by atoms with Crippen LogP contribution in [0.5, 0.6) is 0 Å². The number of nitriles is 1. The largest absolute Gasteiger partial charge is 0.394 e. The van der Waals surface area contributed by atoms with E-state index in [-0.39, 0.29) is 22.4 Å². The molecule has 0 aromatic carbocycles. The Kier molecular flexibility index (Phi) is 6.15. The number of nitrogens with zero attached hydrogens (tertiary/aromatic N) is 3. The summed E-state index contributed by atoms with van der Waals surface area (Å²) in [6.07, 6.45) is 8.36. The second-order valence-corrected chi connectivity index (χ2v) is 6.31. The van der Waals surface area contributed by atoms with Gasteiger partial charge < -0.3 is 15.7 Å². The van der Waals surface area contributed by atoms with Crippen LogP contribution in [0.25, 0.3) is 22.3 Å². The van der Waals surface area contributed by atoms with Gasteiger partial charge in [-0.2, -0.15) is 5.26 Å². The predicted octanol–water partition coefficient (Wildman–Crippen LogP) is 2.64. The van der Waals surface area contributed by atoms with Crippen LogP contribution in [-0.4, -0.2) is 19.9 Å². The zero-order chi connectivity index (χ0) is 21.5. The molecule has 0 unspecified atom stereocenters. The van der Waals surface area contributed by atoms with E-state index in [0.717, 1.165) is 27.9 Å².